The van der Waals surface area contributed by atoms with Crippen LogP contribution in [0.2, 0.25) is 5.02 Å². The molecule has 4 nitrogen and oxygen atoms in total. The van der Waals surface area contributed by atoms with E-state index < -0.39 is 0 Å². The van der Waals surface area contributed by atoms with E-state index in [2.05, 4.69) is 24.0 Å². The molecule has 1 aromatic carbocycles. The summed E-state index contributed by atoms with van der Waals surface area (Å²) < 4.78 is 10.3. The first-order valence-corrected chi connectivity index (χ1v) is 7.77. The van der Waals surface area contributed by atoms with Gasteiger partial charge in [-0.25, -0.2) is 0 Å². The van der Waals surface area contributed by atoms with Crippen LogP contribution in [0.15, 0.2) is 18.2 Å². The van der Waals surface area contributed by atoms with Gasteiger partial charge >= 0.3 is 0 Å². The summed E-state index contributed by atoms with van der Waals surface area (Å²) in [5.74, 6) is 0. The zero-order valence-corrected chi connectivity index (χ0v) is 14.0. The number of hydrogen-bond acceptors (Lipinski definition) is 4. The molecule has 0 aliphatic heterocycles. The lowest BCUT2D eigenvalue weighted by atomic mass is 10.0. The molecule has 0 amide bonds. The molecule has 0 fully saturated rings. The molecule has 0 aromatic heterocycles. The van der Waals surface area contributed by atoms with Crippen molar-refractivity contribution in [3.63, 3.8) is 0 Å². The van der Waals surface area contributed by atoms with Crippen molar-refractivity contribution in [2.45, 2.75) is 25.8 Å². The van der Waals surface area contributed by atoms with Crippen LogP contribution in [0.3, 0.4) is 0 Å². The molecule has 0 spiro atoms. The maximum absolute atomic E-state index is 6.44. The average Bonchev–Trinajstić information content (AvgIpc) is 2.48. The van der Waals surface area contributed by atoms with E-state index in [9.17, 15) is 0 Å². The standard InChI is InChI=1S/C16H27ClN2O2/c1-4-14(18)11-13-5-6-16(15(17)12-13)19(7-9-20-2)8-10-21-3/h5-6,12,14H,4,7-11,18H2,1-3H3. The third kappa shape index (κ3) is 6.22. The van der Waals surface area contributed by atoms with Gasteiger partial charge in [0, 0.05) is 33.4 Å². The number of halogens is 1. The zero-order valence-electron chi connectivity index (χ0n) is 13.3. The van der Waals surface area contributed by atoms with Crippen LogP contribution in [0.25, 0.3) is 0 Å². The van der Waals surface area contributed by atoms with Gasteiger partial charge in [0.15, 0.2) is 0 Å². The Morgan fingerprint density at radius 2 is 1.81 bits per heavy atom. The largest absolute Gasteiger partial charge is 0.383 e. The predicted molar refractivity (Wildman–Crippen MR) is 89.4 cm³/mol. The van der Waals surface area contributed by atoms with Crippen LogP contribution < -0.4 is 10.6 Å². The zero-order chi connectivity index (χ0) is 15.7. The summed E-state index contributed by atoms with van der Waals surface area (Å²) >= 11 is 6.44. The van der Waals surface area contributed by atoms with Gasteiger partial charge < -0.3 is 20.1 Å². The fourth-order valence-electron chi connectivity index (χ4n) is 2.14. The maximum atomic E-state index is 6.44. The SMILES string of the molecule is CCC(N)Cc1ccc(N(CCOC)CCOC)c(Cl)c1. The van der Waals surface area contributed by atoms with Gasteiger partial charge in [-0.2, -0.15) is 0 Å². The molecule has 0 saturated carbocycles. The molecular weight excluding hydrogens is 288 g/mol. The van der Waals surface area contributed by atoms with E-state index in [1.807, 2.05) is 6.07 Å². The minimum atomic E-state index is 0.185. The van der Waals surface area contributed by atoms with Gasteiger partial charge in [-0.3, -0.25) is 0 Å². The first-order chi connectivity index (χ1) is 10.1. The third-order valence-electron chi connectivity index (χ3n) is 3.51. The van der Waals surface area contributed by atoms with Crippen LogP contribution in [0.4, 0.5) is 5.69 Å². The van der Waals surface area contributed by atoms with Crippen LogP contribution in [0.5, 0.6) is 0 Å². The summed E-state index contributed by atoms with van der Waals surface area (Å²) in [6.45, 7) is 4.98. The minimum absolute atomic E-state index is 0.185. The Morgan fingerprint density at radius 1 is 1.19 bits per heavy atom. The molecule has 0 aliphatic carbocycles. The van der Waals surface area contributed by atoms with Gasteiger partial charge in [-0.1, -0.05) is 24.6 Å². The van der Waals surface area contributed by atoms with Crippen molar-refractivity contribution < 1.29 is 9.47 Å². The number of benzene rings is 1. The Balaban J connectivity index is 2.82. The van der Waals surface area contributed by atoms with Gasteiger partial charge in [0.25, 0.3) is 0 Å². The van der Waals surface area contributed by atoms with Crippen molar-refractivity contribution in [2.24, 2.45) is 5.73 Å². The van der Waals surface area contributed by atoms with E-state index in [0.29, 0.717) is 13.2 Å². The highest BCUT2D eigenvalue weighted by molar-refractivity contribution is 6.33. The van der Waals surface area contributed by atoms with Crippen molar-refractivity contribution in [3.8, 4) is 0 Å². The molecular formula is C16H27ClN2O2. The van der Waals surface area contributed by atoms with Crippen molar-refractivity contribution >= 4 is 17.3 Å². The summed E-state index contributed by atoms with van der Waals surface area (Å²) in [5, 5.41) is 0.753. The van der Waals surface area contributed by atoms with E-state index in [0.717, 1.165) is 36.6 Å². The van der Waals surface area contributed by atoms with Gasteiger partial charge in [0.05, 0.1) is 23.9 Å². The van der Waals surface area contributed by atoms with Crippen molar-refractivity contribution in [2.75, 3.05) is 45.4 Å². The Morgan fingerprint density at radius 3 is 2.29 bits per heavy atom. The summed E-state index contributed by atoms with van der Waals surface area (Å²) in [4.78, 5) is 2.18. The molecule has 2 N–H and O–H groups in total. The number of ether oxygens (including phenoxy) is 2. The molecule has 0 bridgehead atoms. The van der Waals surface area contributed by atoms with E-state index >= 15 is 0 Å². The highest BCUT2D eigenvalue weighted by atomic mass is 35.5. The predicted octanol–water partition coefficient (Wildman–Crippen LogP) is 2.72. The van der Waals surface area contributed by atoms with Gasteiger partial charge in [-0.15, -0.1) is 0 Å². The maximum Gasteiger partial charge on any atom is 0.0642 e. The molecule has 5 heteroatoms. The molecule has 1 unspecified atom stereocenters. The van der Waals surface area contributed by atoms with E-state index in [-0.39, 0.29) is 6.04 Å². The summed E-state index contributed by atoms with van der Waals surface area (Å²) in [5.41, 5.74) is 8.19. The number of hydrogen-bond donors (Lipinski definition) is 1. The molecule has 0 heterocycles. The van der Waals surface area contributed by atoms with Crippen molar-refractivity contribution in [3.05, 3.63) is 28.8 Å². The van der Waals surface area contributed by atoms with Crippen LogP contribution >= 0.6 is 11.6 Å². The smallest absolute Gasteiger partial charge is 0.0642 e. The van der Waals surface area contributed by atoms with Gasteiger partial charge in [0.1, 0.15) is 0 Å². The van der Waals surface area contributed by atoms with E-state index in [1.54, 1.807) is 14.2 Å². The molecule has 0 radical (unpaired) electrons. The molecule has 0 aliphatic rings. The molecule has 120 valence electrons. The van der Waals surface area contributed by atoms with Crippen molar-refractivity contribution in [1.29, 1.82) is 0 Å². The normalized spacial score (nSPS) is 12.4. The van der Waals surface area contributed by atoms with Crippen LogP contribution in [-0.4, -0.2) is 46.6 Å². The average molecular weight is 315 g/mol. The van der Waals surface area contributed by atoms with Gasteiger partial charge in [0.2, 0.25) is 0 Å². The lowest BCUT2D eigenvalue weighted by Crippen LogP contribution is -2.31. The Bertz CT molecular complexity index is 407. The fourth-order valence-corrected chi connectivity index (χ4v) is 2.46. The number of rotatable bonds is 10. The lowest BCUT2D eigenvalue weighted by molar-refractivity contribution is 0.190. The third-order valence-corrected chi connectivity index (χ3v) is 3.81. The van der Waals surface area contributed by atoms with Crippen LogP contribution in [-0.2, 0) is 15.9 Å². The van der Waals surface area contributed by atoms with E-state index in [1.165, 1.54) is 5.56 Å². The highest BCUT2D eigenvalue weighted by Crippen LogP contribution is 2.27. The Hall–Kier alpha value is -0.810. The Labute approximate surface area is 133 Å². The van der Waals surface area contributed by atoms with Crippen LogP contribution in [0.1, 0.15) is 18.9 Å². The monoisotopic (exact) mass is 314 g/mol. The summed E-state index contributed by atoms with van der Waals surface area (Å²) in [6.07, 6.45) is 1.82. The second-order valence-corrected chi connectivity index (χ2v) is 5.54. The van der Waals surface area contributed by atoms with Crippen molar-refractivity contribution in [1.82, 2.24) is 0 Å². The number of anilines is 1. The Kier molecular flexibility index (Phi) is 8.69. The first-order valence-electron chi connectivity index (χ1n) is 7.39. The lowest BCUT2D eigenvalue weighted by Gasteiger charge is -2.25. The van der Waals surface area contributed by atoms with E-state index in [4.69, 9.17) is 26.8 Å². The minimum Gasteiger partial charge on any atom is -0.383 e. The van der Waals surface area contributed by atoms with Crippen LogP contribution in [0, 0.1) is 0 Å². The molecule has 1 aromatic rings. The summed E-state index contributed by atoms with van der Waals surface area (Å²) in [6, 6.07) is 6.36. The molecule has 21 heavy (non-hydrogen) atoms. The second-order valence-electron chi connectivity index (χ2n) is 5.13. The highest BCUT2D eigenvalue weighted by Gasteiger charge is 2.11. The number of nitrogens with zero attached hydrogens (tertiary/aromatic N) is 1. The van der Waals surface area contributed by atoms with Gasteiger partial charge in [-0.05, 0) is 30.5 Å². The number of nitrogens with two attached hydrogens (primary N) is 1. The topological polar surface area (TPSA) is 47.7 Å². The molecule has 1 rings (SSSR count). The quantitative estimate of drug-likeness (QED) is 0.721. The first kappa shape index (κ1) is 18.2. The summed E-state index contributed by atoms with van der Waals surface area (Å²) in [7, 11) is 3.40. The molecule has 1 atom stereocenters. The number of methoxy groups -OCH3 is 2. The molecule has 0 saturated heterocycles. The fraction of sp³-hybridized carbons (Fsp3) is 0.625. The second kappa shape index (κ2) is 10.0.